The van der Waals surface area contributed by atoms with Gasteiger partial charge in [0.2, 0.25) is 0 Å². The van der Waals surface area contributed by atoms with Gasteiger partial charge in [-0.2, -0.15) is 0 Å². The zero-order valence-corrected chi connectivity index (χ0v) is 17.4. The van der Waals surface area contributed by atoms with Crippen LogP contribution in [0, 0.1) is 23.7 Å². The molecule has 0 aromatic carbocycles. The van der Waals surface area contributed by atoms with Gasteiger partial charge in [-0.05, 0) is 23.7 Å². The molecule has 0 bridgehead atoms. The van der Waals surface area contributed by atoms with E-state index in [1.807, 2.05) is 13.8 Å². The maximum absolute atomic E-state index is 2.50. The first kappa shape index (κ1) is 24.3. The fourth-order valence-corrected chi connectivity index (χ4v) is 3.36. The second-order valence-corrected chi connectivity index (χ2v) is 7.72. The van der Waals surface area contributed by atoms with Gasteiger partial charge in [-0.25, -0.2) is 0 Å². The van der Waals surface area contributed by atoms with E-state index in [4.69, 9.17) is 0 Å². The predicted octanol–water partition coefficient (Wildman–Crippen LogP) is 8.50. The van der Waals surface area contributed by atoms with Crippen LogP contribution >= 0.6 is 0 Å². The van der Waals surface area contributed by atoms with Crippen LogP contribution in [0.1, 0.15) is 120 Å². The standard InChI is InChI=1S/C16H32.C4H10.C2H6/c1-4-15(5-2)11-9-10-14(3)16-12-7-6-8-13-16;1-4(2)3;1-2/h14-16H,4-13H2,1-3H3;4H,1-3H3;1-2H3. The van der Waals surface area contributed by atoms with Gasteiger partial charge in [-0.1, -0.05) is 120 Å². The van der Waals surface area contributed by atoms with Crippen LogP contribution in [0.3, 0.4) is 0 Å². The van der Waals surface area contributed by atoms with Gasteiger partial charge in [-0.15, -0.1) is 0 Å². The largest absolute Gasteiger partial charge is 0.0683 e. The molecule has 1 aliphatic rings. The molecule has 1 saturated carbocycles. The van der Waals surface area contributed by atoms with Crippen molar-refractivity contribution in [3.8, 4) is 0 Å². The first-order valence-electron chi connectivity index (χ1n) is 10.5. The summed E-state index contributed by atoms with van der Waals surface area (Å²) >= 11 is 0. The molecule has 0 saturated heterocycles. The van der Waals surface area contributed by atoms with Crippen molar-refractivity contribution < 1.29 is 0 Å². The van der Waals surface area contributed by atoms with E-state index in [-0.39, 0.29) is 0 Å². The highest BCUT2D eigenvalue weighted by Gasteiger charge is 2.19. The first-order valence-corrected chi connectivity index (χ1v) is 10.5. The van der Waals surface area contributed by atoms with E-state index in [0.29, 0.717) is 0 Å². The molecular weight excluding hydrogens is 264 g/mol. The molecule has 0 heterocycles. The summed E-state index contributed by atoms with van der Waals surface area (Å²) < 4.78 is 0. The molecule has 0 aromatic heterocycles. The van der Waals surface area contributed by atoms with Crippen molar-refractivity contribution in [2.45, 2.75) is 120 Å². The fourth-order valence-electron chi connectivity index (χ4n) is 3.36. The Morgan fingerprint density at radius 3 is 1.64 bits per heavy atom. The quantitative estimate of drug-likeness (QED) is 0.442. The van der Waals surface area contributed by atoms with Crippen LogP contribution in [0.2, 0.25) is 0 Å². The lowest BCUT2D eigenvalue weighted by Gasteiger charge is -2.28. The molecule has 22 heavy (non-hydrogen) atoms. The van der Waals surface area contributed by atoms with Crippen LogP contribution in [0.25, 0.3) is 0 Å². The SMILES string of the molecule is CC.CC(C)C.CCC(CC)CCCC(C)C1CCCCC1. The zero-order chi connectivity index (χ0) is 17.4. The van der Waals surface area contributed by atoms with Crippen LogP contribution in [0.15, 0.2) is 0 Å². The van der Waals surface area contributed by atoms with Gasteiger partial charge in [0.15, 0.2) is 0 Å². The summed E-state index contributed by atoms with van der Waals surface area (Å²) in [6.07, 6.45) is 14.7. The highest BCUT2D eigenvalue weighted by Crippen LogP contribution is 2.32. The molecule has 136 valence electrons. The summed E-state index contributed by atoms with van der Waals surface area (Å²) in [7, 11) is 0. The topological polar surface area (TPSA) is 0 Å². The summed E-state index contributed by atoms with van der Waals surface area (Å²) in [6.45, 7) is 17.7. The molecule has 0 aliphatic heterocycles. The maximum atomic E-state index is 2.50. The maximum Gasteiger partial charge on any atom is -0.0388 e. The molecule has 0 radical (unpaired) electrons. The molecule has 0 amide bonds. The molecule has 1 aliphatic carbocycles. The fraction of sp³-hybridized carbons (Fsp3) is 1.00. The monoisotopic (exact) mass is 312 g/mol. The summed E-state index contributed by atoms with van der Waals surface area (Å²) in [5.41, 5.74) is 0. The van der Waals surface area contributed by atoms with Crippen LogP contribution in [-0.2, 0) is 0 Å². The lowest BCUT2D eigenvalue weighted by molar-refractivity contribution is 0.243. The molecule has 0 aromatic rings. The van der Waals surface area contributed by atoms with Crippen LogP contribution < -0.4 is 0 Å². The Kier molecular flexibility index (Phi) is 19.1. The summed E-state index contributed by atoms with van der Waals surface area (Å²) in [4.78, 5) is 0. The molecule has 0 spiro atoms. The predicted molar refractivity (Wildman–Crippen MR) is 106 cm³/mol. The smallest absolute Gasteiger partial charge is 0.0388 e. The molecule has 1 unspecified atom stereocenters. The summed E-state index contributed by atoms with van der Waals surface area (Å²) in [5, 5.41) is 0. The molecule has 0 N–H and O–H groups in total. The third-order valence-corrected chi connectivity index (χ3v) is 4.88. The molecule has 0 nitrogen and oxygen atoms in total. The first-order chi connectivity index (χ1) is 10.5. The van der Waals surface area contributed by atoms with Crippen molar-refractivity contribution in [3.05, 3.63) is 0 Å². The average molecular weight is 313 g/mol. The van der Waals surface area contributed by atoms with Crippen molar-refractivity contribution in [1.82, 2.24) is 0 Å². The Balaban J connectivity index is 0. The van der Waals surface area contributed by atoms with Crippen LogP contribution in [-0.4, -0.2) is 0 Å². The minimum atomic E-state index is 0.833. The van der Waals surface area contributed by atoms with Gasteiger partial charge in [-0.3, -0.25) is 0 Å². The average Bonchev–Trinajstić information content (AvgIpc) is 2.53. The molecule has 1 atom stereocenters. The normalized spacial score (nSPS) is 16.6. The Hall–Kier alpha value is 0. The van der Waals surface area contributed by atoms with E-state index in [9.17, 15) is 0 Å². The Morgan fingerprint density at radius 2 is 1.23 bits per heavy atom. The Labute approximate surface area is 143 Å². The summed E-state index contributed by atoms with van der Waals surface area (Å²) in [6, 6.07) is 0. The molecule has 1 rings (SSSR count). The highest BCUT2D eigenvalue weighted by atomic mass is 14.2. The number of hydrogen-bond donors (Lipinski definition) is 0. The second kappa shape index (κ2) is 17.4. The van der Waals surface area contributed by atoms with E-state index >= 15 is 0 Å². The van der Waals surface area contributed by atoms with E-state index in [0.717, 1.165) is 23.7 Å². The van der Waals surface area contributed by atoms with Crippen LogP contribution in [0.5, 0.6) is 0 Å². The van der Waals surface area contributed by atoms with Gasteiger partial charge >= 0.3 is 0 Å². The highest BCUT2D eigenvalue weighted by molar-refractivity contribution is 4.71. The lowest BCUT2D eigenvalue weighted by Crippen LogP contribution is -2.15. The molecule has 0 heteroatoms. The van der Waals surface area contributed by atoms with Gasteiger partial charge in [0.25, 0.3) is 0 Å². The third-order valence-electron chi connectivity index (χ3n) is 4.88. The lowest BCUT2D eigenvalue weighted by atomic mass is 9.78. The number of rotatable bonds is 7. The van der Waals surface area contributed by atoms with Gasteiger partial charge < -0.3 is 0 Å². The minimum Gasteiger partial charge on any atom is -0.0683 e. The number of hydrogen-bond acceptors (Lipinski definition) is 0. The van der Waals surface area contributed by atoms with Crippen molar-refractivity contribution >= 4 is 0 Å². The van der Waals surface area contributed by atoms with Gasteiger partial charge in [0, 0.05) is 0 Å². The summed E-state index contributed by atoms with van der Waals surface area (Å²) in [5.74, 6) is 3.89. The Bertz CT molecular complexity index is 181. The second-order valence-electron chi connectivity index (χ2n) is 7.72. The van der Waals surface area contributed by atoms with Crippen molar-refractivity contribution in [3.63, 3.8) is 0 Å². The van der Waals surface area contributed by atoms with Crippen molar-refractivity contribution in [2.75, 3.05) is 0 Å². The van der Waals surface area contributed by atoms with E-state index in [1.165, 1.54) is 64.2 Å². The minimum absolute atomic E-state index is 0.833. The zero-order valence-electron chi connectivity index (χ0n) is 17.4. The van der Waals surface area contributed by atoms with Crippen LogP contribution in [0.4, 0.5) is 0 Å². The van der Waals surface area contributed by atoms with Crippen molar-refractivity contribution in [1.29, 1.82) is 0 Å². The van der Waals surface area contributed by atoms with E-state index < -0.39 is 0 Å². The van der Waals surface area contributed by atoms with E-state index in [1.54, 1.807) is 0 Å². The molecule has 1 fully saturated rings. The molecular formula is C22H48. The van der Waals surface area contributed by atoms with E-state index in [2.05, 4.69) is 41.5 Å². The third kappa shape index (κ3) is 14.9. The van der Waals surface area contributed by atoms with Crippen molar-refractivity contribution in [2.24, 2.45) is 23.7 Å². The van der Waals surface area contributed by atoms with Gasteiger partial charge in [0.1, 0.15) is 0 Å². The Morgan fingerprint density at radius 1 is 0.773 bits per heavy atom. The van der Waals surface area contributed by atoms with Gasteiger partial charge in [0.05, 0.1) is 0 Å².